The van der Waals surface area contributed by atoms with E-state index in [1.165, 1.54) is 19.3 Å². The number of piperazine rings is 1. The van der Waals surface area contributed by atoms with Crippen LogP contribution >= 0.6 is 0 Å². The lowest BCUT2D eigenvalue weighted by molar-refractivity contribution is -0.154. The highest BCUT2D eigenvalue weighted by molar-refractivity contribution is 5.97. The Labute approximate surface area is 121 Å². The van der Waals surface area contributed by atoms with Crippen molar-refractivity contribution in [3.8, 4) is 0 Å². The van der Waals surface area contributed by atoms with Crippen molar-refractivity contribution in [3.63, 3.8) is 0 Å². The molecule has 2 unspecified atom stereocenters. The van der Waals surface area contributed by atoms with Crippen molar-refractivity contribution in [3.05, 3.63) is 0 Å². The Hall–Kier alpha value is -1.06. The van der Waals surface area contributed by atoms with Gasteiger partial charge in [-0.3, -0.25) is 9.59 Å². The first-order chi connectivity index (χ1) is 9.59. The molecule has 0 aromatic carbocycles. The molecular formula is C16H26N2O2. The molecule has 2 atom stereocenters. The van der Waals surface area contributed by atoms with Crippen LogP contribution in [0.1, 0.15) is 58.8 Å². The lowest BCUT2D eigenvalue weighted by Crippen LogP contribution is -2.67. The molecule has 2 amide bonds. The second kappa shape index (κ2) is 5.38. The quantitative estimate of drug-likeness (QED) is 0.859. The number of nitrogens with one attached hydrogen (secondary N) is 1. The largest absolute Gasteiger partial charge is 0.342 e. The highest BCUT2D eigenvalue weighted by Crippen LogP contribution is 2.36. The van der Waals surface area contributed by atoms with Crippen molar-refractivity contribution in [2.75, 3.05) is 0 Å². The smallest absolute Gasteiger partial charge is 0.246 e. The zero-order valence-corrected chi connectivity index (χ0v) is 12.6. The van der Waals surface area contributed by atoms with Crippen molar-refractivity contribution in [1.82, 2.24) is 10.2 Å². The number of carbonyl (C=O) groups excluding carboxylic acids is 2. The van der Waals surface area contributed by atoms with Crippen LogP contribution < -0.4 is 5.32 Å². The summed E-state index contributed by atoms with van der Waals surface area (Å²) >= 11 is 0. The van der Waals surface area contributed by atoms with Gasteiger partial charge in [0.1, 0.15) is 12.1 Å². The van der Waals surface area contributed by atoms with Crippen LogP contribution in [0.15, 0.2) is 0 Å². The summed E-state index contributed by atoms with van der Waals surface area (Å²) in [6.45, 7) is 4.07. The Morgan fingerprint density at radius 3 is 2.25 bits per heavy atom. The molecule has 4 heteroatoms. The van der Waals surface area contributed by atoms with Gasteiger partial charge in [-0.2, -0.15) is 0 Å². The minimum atomic E-state index is -0.255. The van der Waals surface area contributed by atoms with Crippen LogP contribution in [0, 0.1) is 11.8 Å². The van der Waals surface area contributed by atoms with E-state index in [1.54, 1.807) is 0 Å². The summed E-state index contributed by atoms with van der Waals surface area (Å²) in [6, 6.07) is -0.180. The minimum absolute atomic E-state index is 0.0714. The van der Waals surface area contributed by atoms with E-state index in [0.29, 0.717) is 12.0 Å². The first kappa shape index (κ1) is 13.9. The van der Waals surface area contributed by atoms with Crippen molar-refractivity contribution in [1.29, 1.82) is 0 Å². The van der Waals surface area contributed by atoms with E-state index in [9.17, 15) is 9.59 Å². The van der Waals surface area contributed by atoms with Crippen LogP contribution in [-0.4, -0.2) is 34.8 Å². The van der Waals surface area contributed by atoms with Gasteiger partial charge in [-0.25, -0.2) is 0 Å². The van der Waals surface area contributed by atoms with Gasteiger partial charge in [0.25, 0.3) is 0 Å². The standard InChI is InChI=1S/C16H26N2O2/c1-10(2)14-15(19)17-13(11-6-4-3-5-7-11)16(20)18(14)12-8-9-12/h10-14H,3-9H2,1-2H3,(H,17,19). The molecule has 3 fully saturated rings. The van der Waals surface area contributed by atoms with Crippen molar-refractivity contribution >= 4 is 11.8 Å². The van der Waals surface area contributed by atoms with Crippen LogP contribution in [-0.2, 0) is 9.59 Å². The van der Waals surface area contributed by atoms with Gasteiger partial charge in [0.05, 0.1) is 0 Å². The summed E-state index contributed by atoms with van der Waals surface area (Å²) in [7, 11) is 0. The Morgan fingerprint density at radius 1 is 1.05 bits per heavy atom. The molecule has 3 aliphatic rings. The molecular weight excluding hydrogens is 252 g/mol. The zero-order valence-electron chi connectivity index (χ0n) is 12.6. The summed E-state index contributed by atoms with van der Waals surface area (Å²) in [5.41, 5.74) is 0. The third-order valence-corrected chi connectivity index (χ3v) is 5.08. The molecule has 2 saturated carbocycles. The number of carbonyl (C=O) groups is 2. The SMILES string of the molecule is CC(C)C1C(=O)NC(C2CCCCC2)C(=O)N1C1CC1. The highest BCUT2D eigenvalue weighted by atomic mass is 16.2. The topological polar surface area (TPSA) is 49.4 Å². The minimum Gasteiger partial charge on any atom is -0.342 e. The molecule has 0 radical (unpaired) electrons. The highest BCUT2D eigenvalue weighted by Gasteiger charge is 2.49. The number of hydrogen-bond donors (Lipinski definition) is 1. The van der Waals surface area contributed by atoms with Gasteiger partial charge in [0.15, 0.2) is 0 Å². The van der Waals surface area contributed by atoms with Crippen LogP contribution in [0.4, 0.5) is 0 Å². The molecule has 0 aromatic heterocycles. The molecule has 0 aromatic rings. The predicted octanol–water partition coefficient (Wildman–Crippen LogP) is 2.08. The van der Waals surface area contributed by atoms with E-state index in [2.05, 4.69) is 5.32 Å². The number of hydrogen-bond acceptors (Lipinski definition) is 2. The maximum Gasteiger partial charge on any atom is 0.246 e. The van der Waals surface area contributed by atoms with Gasteiger partial charge < -0.3 is 10.2 Å². The Balaban J connectivity index is 1.81. The lowest BCUT2D eigenvalue weighted by atomic mass is 9.81. The monoisotopic (exact) mass is 278 g/mol. The maximum atomic E-state index is 12.9. The summed E-state index contributed by atoms with van der Waals surface area (Å²) < 4.78 is 0. The van der Waals surface area contributed by atoms with E-state index in [0.717, 1.165) is 25.7 Å². The van der Waals surface area contributed by atoms with Crippen LogP contribution in [0.5, 0.6) is 0 Å². The third-order valence-electron chi connectivity index (χ3n) is 5.08. The van der Waals surface area contributed by atoms with E-state index in [-0.39, 0.29) is 29.8 Å². The van der Waals surface area contributed by atoms with E-state index < -0.39 is 0 Å². The van der Waals surface area contributed by atoms with Crippen LogP contribution in [0.2, 0.25) is 0 Å². The van der Waals surface area contributed by atoms with Gasteiger partial charge in [0.2, 0.25) is 11.8 Å². The van der Waals surface area contributed by atoms with Crippen LogP contribution in [0.25, 0.3) is 0 Å². The second-order valence-corrected chi connectivity index (χ2v) is 7.05. The molecule has 0 spiro atoms. The van der Waals surface area contributed by atoms with E-state index in [4.69, 9.17) is 0 Å². The van der Waals surface area contributed by atoms with Crippen molar-refractivity contribution in [2.24, 2.45) is 11.8 Å². The van der Waals surface area contributed by atoms with Gasteiger partial charge >= 0.3 is 0 Å². The predicted molar refractivity (Wildman–Crippen MR) is 77.0 cm³/mol. The summed E-state index contributed by atoms with van der Waals surface area (Å²) in [6.07, 6.45) is 7.97. The molecule has 20 heavy (non-hydrogen) atoms. The Morgan fingerprint density at radius 2 is 1.70 bits per heavy atom. The Kier molecular flexibility index (Phi) is 3.74. The normalized spacial score (nSPS) is 32.6. The zero-order chi connectivity index (χ0) is 14.3. The summed E-state index contributed by atoms with van der Waals surface area (Å²) in [5.74, 6) is 0.807. The first-order valence-electron chi connectivity index (χ1n) is 8.22. The molecule has 4 nitrogen and oxygen atoms in total. The number of nitrogens with zero attached hydrogens (tertiary/aromatic N) is 1. The van der Waals surface area contributed by atoms with E-state index in [1.807, 2.05) is 18.7 Å². The molecule has 3 rings (SSSR count). The maximum absolute atomic E-state index is 12.9. The average molecular weight is 278 g/mol. The van der Waals surface area contributed by atoms with Crippen molar-refractivity contribution < 1.29 is 9.59 Å². The molecule has 0 bridgehead atoms. The lowest BCUT2D eigenvalue weighted by Gasteiger charge is -2.44. The molecule has 1 saturated heterocycles. The van der Waals surface area contributed by atoms with Gasteiger partial charge in [0, 0.05) is 6.04 Å². The molecule has 1 aliphatic heterocycles. The second-order valence-electron chi connectivity index (χ2n) is 7.05. The van der Waals surface area contributed by atoms with Gasteiger partial charge in [-0.15, -0.1) is 0 Å². The van der Waals surface area contributed by atoms with Gasteiger partial charge in [-0.1, -0.05) is 33.1 Å². The first-order valence-corrected chi connectivity index (χ1v) is 8.22. The molecule has 1 N–H and O–H groups in total. The molecule has 112 valence electrons. The Bertz CT molecular complexity index is 397. The molecule has 1 heterocycles. The summed E-state index contributed by atoms with van der Waals surface area (Å²) in [4.78, 5) is 27.3. The van der Waals surface area contributed by atoms with Gasteiger partial charge in [-0.05, 0) is 37.5 Å². The van der Waals surface area contributed by atoms with E-state index >= 15 is 0 Å². The fourth-order valence-corrected chi connectivity index (χ4v) is 3.90. The fourth-order valence-electron chi connectivity index (χ4n) is 3.90. The number of rotatable bonds is 3. The number of amides is 2. The fraction of sp³-hybridized carbons (Fsp3) is 0.875. The average Bonchev–Trinajstić information content (AvgIpc) is 3.25. The third kappa shape index (κ3) is 2.45. The van der Waals surface area contributed by atoms with Crippen molar-refractivity contribution in [2.45, 2.75) is 76.9 Å². The summed E-state index contributed by atoms with van der Waals surface area (Å²) in [5, 5.41) is 3.05. The van der Waals surface area contributed by atoms with Crippen LogP contribution in [0.3, 0.4) is 0 Å². The molecule has 2 aliphatic carbocycles.